The Morgan fingerprint density at radius 2 is 2.17 bits per heavy atom. The van der Waals surface area contributed by atoms with Crippen LogP contribution >= 0.6 is 0 Å². The molecule has 1 saturated heterocycles. The number of pyridine rings is 1. The van der Waals surface area contributed by atoms with Crippen molar-refractivity contribution in [2.24, 2.45) is 0 Å². The number of hydrogen-bond donors (Lipinski definition) is 1. The number of methoxy groups -OCH3 is 1. The number of para-hydroxylation sites is 1. The van der Waals surface area contributed by atoms with Crippen molar-refractivity contribution in [3.8, 4) is 5.75 Å². The lowest BCUT2D eigenvalue weighted by Gasteiger charge is -2.26. The van der Waals surface area contributed by atoms with Gasteiger partial charge in [-0.15, -0.1) is 0 Å². The molecule has 0 bridgehead atoms. The summed E-state index contributed by atoms with van der Waals surface area (Å²) >= 11 is 0. The van der Waals surface area contributed by atoms with Gasteiger partial charge < -0.3 is 15.0 Å². The molecule has 1 aromatic heterocycles. The Kier molecular flexibility index (Phi) is 4.74. The number of amides is 2. The second-order valence-electron chi connectivity index (χ2n) is 5.65. The predicted molar refractivity (Wildman–Crippen MR) is 89.0 cm³/mol. The van der Waals surface area contributed by atoms with Crippen LogP contribution < -0.4 is 10.1 Å². The quantitative estimate of drug-likeness (QED) is 0.918. The van der Waals surface area contributed by atoms with Crippen LogP contribution in [0.15, 0.2) is 42.7 Å². The summed E-state index contributed by atoms with van der Waals surface area (Å²) < 4.78 is 5.36. The smallest absolute Gasteiger partial charge is 0.255 e. The van der Waals surface area contributed by atoms with Crippen molar-refractivity contribution in [2.75, 3.05) is 26.7 Å². The van der Waals surface area contributed by atoms with Crippen LogP contribution in [0.3, 0.4) is 0 Å². The number of nitrogens with one attached hydrogen (secondary N) is 1. The van der Waals surface area contributed by atoms with E-state index >= 15 is 0 Å². The zero-order valence-corrected chi connectivity index (χ0v) is 13.5. The van der Waals surface area contributed by atoms with Gasteiger partial charge in [-0.25, -0.2) is 0 Å². The summed E-state index contributed by atoms with van der Waals surface area (Å²) in [5.74, 6) is 0.508. The van der Waals surface area contributed by atoms with E-state index in [-0.39, 0.29) is 18.4 Å². The molecule has 124 valence electrons. The minimum Gasteiger partial charge on any atom is -0.496 e. The molecule has 6 heteroatoms. The Morgan fingerprint density at radius 1 is 1.33 bits per heavy atom. The highest BCUT2D eigenvalue weighted by molar-refractivity contribution is 5.96. The van der Waals surface area contributed by atoms with Gasteiger partial charge in [0.05, 0.1) is 19.2 Å². The molecule has 6 nitrogen and oxygen atoms in total. The van der Waals surface area contributed by atoms with E-state index < -0.39 is 0 Å². The number of rotatable bonds is 4. The second kappa shape index (κ2) is 7.12. The Labute approximate surface area is 140 Å². The van der Waals surface area contributed by atoms with Gasteiger partial charge in [0.2, 0.25) is 5.91 Å². The monoisotopic (exact) mass is 325 g/mol. The Balaban J connectivity index is 1.79. The van der Waals surface area contributed by atoms with Crippen molar-refractivity contribution in [2.45, 2.75) is 6.42 Å². The van der Waals surface area contributed by atoms with E-state index in [4.69, 9.17) is 4.74 Å². The van der Waals surface area contributed by atoms with E-state index in [1.807, 2.05) is 30.3 Å². The summed E-state index contributed by atoms with van der Waals surface area (Å²) in [6.07, 6.45) is 3.91. The van der Waals surface area contributed by atoms with Crippen molar-refractivity contribution >= 4 is 11.8 Å². The maximum Gasteiger partial charge on any atom is 0.255 e. The van der Waals surface area contributed by atoms with E-state index in [2.05, 4.69) is 10.3 Å². The molecule has 0 aliphatic carbocycles. The first-order chi connectivity index (χ1) is 11.7. The molecular formula is C18H19N3O3. The van der Waals surface area contributed by atoms with Crippen LogP contribution in [0.1, 0.15) is 21.5 Å². The molecule has 1 fully saturated rings. The highest BCUT2D eigenvalue weighted by Crippen LogP contribution is 2.21. The SMILES string of the molecule is COc1ccccc1Cc1cncc(C(=O)N2CCNC(=O)C2)c1. The third-order valence-electron chi connectivity index (χ3n) is 3.95. The van der Waals surface area contributed by atoms with Crippen LogP contribution in [0.4, 0.5) is 0 Å². The minimum atomic E-state index is -0.167. The van der Waals surface area contributed by atoms with Gasteiger partial charge in [0, 0.05) is 31.9 Å². The van der Waals surface area contributed by atoms with Crippen molar-refractivity contribution < 1.29 is 14.3 Å². The number of carbonyl (C=O) groups is 2. The lowest BCUT2D eigenvalue weighted by Crippen LogP contribution is -2.50. The summed E-state index contributed by atoms with van der Waals surface area (Å²) in [7, 11) is 1.64. The van der Waals surface area contributed by atoms with Crippen LogP contribution in [0.25, 0.3) is 0 Å². The van der Waals surface area contributed by atoms with Crippen LogP contribution in [-0.2, 0) is 11.2 Å². The first-order valence-electron chi connectivity index (χ1n) is 7.79. The number of benzene rings is 1. The molecule has 2 heterocycles. The Morgan fingerprint density at radius 3 is 2.96 bits per heavy atom. The van der Waals surface area contributed by atoms with Gasteiger partial charge in [-0.05, 0) is 23.3 Å². The summed E-state index contributed by atoms with van der Waals surface area (Å²) in [5, 5.41) is 2.71. The normalized spacial score (nSPS) is 14.2. The molecule has 2 aromatic rings. The highest BCUT2D eigenvalue weighted by Gasteiger charge is 2.22. The van der Waals surface area contributed by atoms with Crippen molar-refractivity contribution in [3.05, 3.63) is 59.4 Å². The average Bonchev–Trinajstić information content (AvgIpc) is 2.62. The first kappa shape index (κ1) is 16.0. The first-order valence-corrected chi connectivity index (χ1v) is 7.79. The molecule has 0 saturated carbocycles. The van der Waals surface area contributed by atoms with E-state index in [0.717, 1.165) is 16.9 Å². The topological polar surface area (TPSA) is 71.5 Å². The van der Waals surface area contributed by atoms with Gasteiger partial charge in [0.15, 0.2) is 0 Å². The van der Waals surface area contributed by atoms with Crippen LogP contribution in [0, 0.1) is 0 Å². The Hall–Kier alpha value is -2.89. The molecule has 1 aromatic carbocycles. The summed E-state index contributed by atoms with van der Waals surface area (Å²) in [5.41, 5.74) is 2.45. The third-order valence-corrected chi connectivity index (χ3v) is 3.95. The fourth-order valence-corrected chi connectivity index (χ4v) is 2.76. The summed E-state index contributed by atoms with van der Waals surface area (Å²) in [4.78, 5) is 29.7. The number of piperazine rings is 1. The minimum absolute atomic E-state index is 0.0928. The molecule has 0 unspecified atom stereocenters. The van der Waals surface area contributed by atoms with Gasteiger partial charge in [0.1, 0.15) is 5.75 Å². The van der Waals surface area contributed by atoms with Crippen molar-refractivity contribution in [1.29, 1.82) is 0 Å². The maximum atomic E-state index is 12.6. The lowest BCUT2D eigenvalue weighted by molar-refractivity contribution is -0.123. The van der Waals surface area contributed by atoms with Crippen LogP contribution in [-0.4, -0.2) is 48.4 Å². The molecule has 0 atom stereocenters. The van der Waals surface area contributed by atoms with Gasteiger partial charge in [-0.2, -0.15) is 0 Å². The maximum absolute atomic E-state index is 12.6. The molecule has 1 N–H and O–H groups in total. The zero-order chi connectivity index (χ0) is 16.9. The molecule has 24 heavy (non-hydrogen) atoms. The fraction of sp³-hybridized carbons (Fsp3) is 0.278. The van der Waals surface area contributed by atoms with E-state index in [9.17, 15) is 9.59 Å². The molecule has 1 aliphatic heterocycles. The van der Waals surface area contributed by atoms with Crippen LogP contribution in [0.2, 0.25) is 0 Å². The number of hydrogen-bond acceptors (Lipinski definition) is 4. The number of carbonyl (C=O) groups excluding carboxylic acids is 2. The molecule has 1 aliphatic rings. The molecular weight excluding hydrogens is 306 g/mol. The average molecular weight is 325 g/mol. The van der Waals surface area contributed by atoms with E-state index in [1.165, 1.54) is 0 Å². The fourth-order valence-electron chi connectivity index (χ4n) is 2.76. The third kappa shape index (κ3) is 3.53. The highest BCUT2D eigenvalue weighted by atomic mass is 16.5. The molecule has 2 amide bonds. The lowest BCUT2D eigenvalue weighted by atomic mass is 10.0. The largest absolute Gasteiger partial charge is 0.496 e. The summed E-state index contributed by atoms with van der Waals surface area (Å²) in [6, 6.07) is 9.59. The van der Waals surface area contributed by atoms with E-state index in [0.29, 0.717) is 25.1 Å². The molecule has 0 radical (unpaired) electrons. The Bertz CT molecular complexity index is 761. The van der Waals surface area contributed by atoms with Gasteiger partial charge in [-0.1, -0.05) is 18.2 Å². The number of aromatic nitrogens is 1. The second-order valence-corrected chi connectivity index (χ2v) is 5.65. The van der Waals surface area contributed by atoms with Gasteiger partial charge >= 0.3 is 0 Å². The molecule has 0 spiro atoms. The number of nitrogens with zero attached hydrogens (tertiary/aromatic N) is 2. The van der Waals surface area contributed by atoms with E-state index in [1.54, 1.807) is 24.4 Å². The standard InChI is InChI=1S/C18H19N3O3/c1-24-16-5-3-2-4-14(16)8-13-9-15(11-19-10-13)18(23)21-7-6-20-17(22)12-21/h2-5,9-11H,6-8,12H2,1H3,(H,20,22). The van der Waals surface area contributed by atoms with Gasteiger partial charge in [0.25, 0.3) is 5.91 Å². The number of ether oxygens (including phenoxy) is 1. The summed E-state index contributed by atoms with van der Waals surface area (Å²) in [6.45, 7) is 1.09. The van der Waals surface area contributed by atoms with Crippen LogP contribution in [0.5, 0.6) is 5.75 Å². The van der Waals surface area contributed by atoms with Crippen molar-refractivity contribution in [3.63, 3.8) is 0 Å². The zero-order valence-electron chi connectivity index (χ0n) is 13.5. The molecule has 3 rings (SSSR count). The van der Waals surface area contributed by atoms with Gasteiger partial charge in [-0.3, -0.25) is 14.6 Å². The predicted octanol–water partition coefficient (Wildman–Crippen LogP) is 1.25. The van der Waals surface area contributed by atoms with Crippen molar-refractivity contribution in [1.82, 2.24) is 15.2 Å².